The van der Waals surface area contributed by atoms with Gasteiger partial charge in [0, 0.05) is 50.5 Å². The van der Waals surface area contributed by atoms with Crippen molar-refractivity contribution in [1.29, 1.82) is 5.26 Å². The van der Waals surface area contributed by atoms with Crippen molar-refractivity contribution in [2.75, 3.05) is 40.3 Å². The third-order valence-corrected chi connectivity index (χ3v) is 8.15. The average Bonchev–Trinajstić information content (AvgIpc) is 3.30. The minimum absolute atomic E-state index is 0. The van der Waals surface area contributed by atoms with Crippen LogP contribution < -0.4 is 0 Å². The number of halogens is 1. The first kappa shape index (κ1) is 32.6. The van der Waals surface area contributed by atoms with Gasteiger partial charge in [-0.2, -0.15) is 5.26 Å². The van der Waals surface area contributed by atoms with Crippen LogP contribution in [0.25, 0.3) is 16.9 Å². The van der Waals surface area contributed by atoms with Gasteiger partial charge in [0.05, 0.1) is 28.6 Å². The van der Waals surface area contributed by atoms with E-state index in [1.807, 2.05) is 47.5 Å². The Kier molecular flexibility index (Phi) is 11.8. The van der Waals surface area contributed by atoms with Crippen molar-refractivity contribution < 1.29 is 4.79 Å². The molecule has 4 rings (SSSR count). The van der Waals surface area contributed by atoms with E-state index in [9.17, 15) is 10.1 Å². The normalized spacial score (nSPS) is 14.5. The van der Waals surface area contributed by atoms with E-state index >= 15 is 0 Å². The van der Waals surface area contributed by atoms with Crippen molar-refractivity contribution in [2.45, 2.75) is 66.0 Å². The van der Waals surface area contributed by atoms with E-state index in [0.29, 0.717) is 29.0 Å². The fourth-order valence-corrected chi connectivity index (χ4v) is 5.44. The molecular weight excluding hydrogens is 532 g/mol. The molecule has 0 atom stereocenters. The number of imidazole rings is 1. The number of carbonyl (C=O) groups is 1. The van der Waals surface area contributed by atoms with Gasteiger partial charge in [-0.3, -0.25) is 9.69 Å². The quantitative estimate of drug-likeness (QED) is 0.265. The van der Waals surface area contributed by atoms with Crippen LogP contribution in [-0.2, 0) is 6.54 Å². The number of nitrogens with zero attached hydrogens (tertiary/aromatic N) is 6. The third-order valence-electron chi connectivity index (χ3n) is 8.15. The van der Waals surface area contributed by atoms with Gasteiger partial charge in [0.15, 0.2) is 0 Å². The molecule has 0 N–H and O–H groups in total. The number of rotatable bonds is 11. The van der Waals surface area contributed by atoms with Crippen molar-refractivity contribution in [3.8, 4) is 17.3 Å². The molecule has 0 saturated carbocycles. The fourth-order valence-electron chi connectivity index (χ4n) is 5.44. The first-order chi connectivity index (χ1) is 19.2. The lowest BCUT2D eigenvalue weighted by Gasteiger charge is -2.35. The molecular formula is C33H47ClN6O. The van der Waals surface area contributed by atoms with E-state index in [-0.39, 0.29) is 18.3 Å². The van der Waals surface area contributed by atoms with Crippen molar-refractivity contribution in [2.24, 2.45) is 11.8 Å². The van der Waals surface area contributed by atoms with Crippen LogP contribution >= 0.6 is 12.4 Å². The molecule has 0 radical (unpaired) electrons. The molecule has 0 spiro atoms. The predicted molar refractivity (Wildman–Crippen MR) is 169 cm³/mol. The Morgan fingerprint density at radius 2 is 1.61 bits per heavy atom. The topological polar surface area (TPSA) is 67.9 Å². The lowest BCUT2D eigenvalue weighted by molar-refractivity contribution is 0.0740. The van der Waals surface area contributed by atoms with Crippen LogP contribution in [0.1, 0.15) is 75.0 Å². The number of piperidine rings is 1. The van der Waals surface area contributed by atoms with Gasteiger partial charge >= 0.3 is 0 Å². The first-order valence-electron chi connectivity index (χ1n) is 14.9. The Labute approximate surface area is 252 Å². The van der Waals surface area contributed by atoms with Gasteiger partial charge in [0.1, 0.15) is 5.65 Å². The van der Waals surface area contributed by atoms with Gasteiger partial charge < -0.3 is 14.2 Å². The molecule has 2 aromatic heterocycles. The monoisotopic (exact) mass is 578 g/mol. The summed E-state index contributed by atoms with van der Waals surface area (Å²) in [4.78, 5) is 25.7. The smallest absolute Gasteiger partial charge is 0.255 e. The highest BCUT2D eigenvalue weighted by Crippen LogP contribution is 2.28. The summed E-state index contributed by atoms with van der Waals surface area (Å²) in [6, 6.07) is 14.4. The van der Waals surface area contributed by atoms with Gasteiger partial charge in [-0.15, -0.1) is 12.4 Å². The van der Waals surface area contributed by atoms with E-state index < -0.39 is 0 Å². The molecule has 1 saturated heterocycles. The maximum absolute atomic E-state index is 13.8. The number of nitriles is 1. The second-order valence-corrected chi connectivity index (χ2v) is 12.4. The Bertz CT molecular complexity index is 1300. The Morgan fingerprint density at radius 1 is 1.00 bits per heavy atom. The molecule has 0 unspecified atom stereocenters. The van der Waals surface area contributed by atoms with E-state index in [4.69, 9.17) is 4.98 Å². The average molecular weight is 579 g/mol. The number of fused-ring (bicyclic) bond motifs is 1. The molecule has 222 valence electrons. The number of pyridine rings is 1. The van der Waals surface area contributed by atoms with Gasteiger partial charge in [-0.1, -0.05) is 39.8 Å². The largest absolute Gasteiger partial charge is 0.339 e. The first-order valence-corrected chi connectivity index (χ1v) is 14.9. The summed E-state index contributed by atoms with van der Waals surface area (Å²) in [6.45, 7) is 13.2. The maximum atomic E-state index is 13.8. The van der Waals surface area contributed by atoms with Crippen LogP contribution in [0, 0.1) is 23.2 Å². The third kappa shape index (κ3) is 8.31. The minimum atomic E-state index is 0. The van der Waals surface area contributed by atoms with Crippen LogP contribution in [0.3, 0.4) is 0 Å². The second kappa shape index (κ2) is 14.8. The van der Waals surface area contributed by atoms with Crippen LogP contribution in [-0.4, -0.2) is 76.3 Å². The number of aromatic nitrogens is 2. The van der Waals surface area contributed by atoms with Crippen LogP contribution in [0.2, 0.25) is 0 Å². The van der Waals surface area contributed by atoms with Crippen LogP contribution in [0.15, 0.2) is 42.6 Å². The molecule has 0 aliphatic carbocycles. The van der Waals surface area contributed by atoms with Crippen LogP contribution in [0.5, 0.6) is 0 Å². The van der Waals surface area contributed by atoms with Crippen molar-refractivity contribution >= 4 is 24.0 Å². The molecule has 1 aliphatic rings. The van der Waals surface area contributed by atoms with Gasteiger partial charge in [-0.25, -0.2) is 4.98 Å². The van der Waals surface area contributed by atoms with Gasteiger partial charge in [0.25, 0.3) is 5.91 Å². The zero-order chi connectivity index (χ0) is 28.8. The standard InChI is InChI=1S/C33H46N6O.ClH/c1-24(2)13-19-38(20-14-25(3)4)33(40)28-11-12-31-35-32(27-9-7-26(21-34)8-10-27)30(39(31)22-28)23-37-17-15-29(16-18-37)36(5)6;/h7-12,22,24-25,29H,13-20,23H2,1-6H3;1H. The Hall–Kier alpha value is -2.92. The molecule has 1 fully saturated rings. The molecule has 41 heavy (non-hydrogen) atoms. The van der Waals surface area contributed by atoms with E-state index in [1.165, 1.54) is 0 Å². The zero-order valence-corrected chi connectivity index (χ0v) is 26.5. The number of hydrogen-bond donors (Lipinski definition) is 0. The number of likely N-dealkylation sites (tertiary alicyclic amines) is 1. The lowest BCUT2D eigenvalue weighted by atomic mass is 10.0. The molecule has 3 aromatic rings. The highest BCUT2D eigenvalue weighted by molar-refractivity contribution is 5.94. The van der Waals surface area contributed by atoms with Crippen molar-refractivity contribution in [3.05, 3.63) is 59.4 Å². The summed E-state index contributed by atoms with van der Waals surface area (Å²) in [5.74, 6) is 1.18. The summed E-state index contributed by atoms with van der Waals surface area (Å²) in [5.41, 5.74) is 5.18. The SMILES string of the molecule is CC(C)CCN(CCC(C)C)C(=O)c1ccc2nc(-c3ccc(C#N)cc3)c(CN3CCC(N(C)C)CC3)n2c1.Cl. The molecule has 1 aromatic carbocycles. The van der Waals surface area contributed by atoms with Gasteiger partial charge in [-0.05, 0) is 75.9 Å². The van der Waals surface area contributed by atoms with E-state index in [2.05, 4.69) is 62.1 Å². The molecule has 8 heteroatoms. The summed E-state index contributed by atoms with van der Waals surface area (Å²) >= 11 is 0. The molecule has 3 heterocycles. The predicted octanol–water partition coefficient (Wildman–Crippen LogP) is 6.36. The fraction of sp³-hybridized carbons (Fsp3) is 0.545. The summed E-state index contributed by atoms with van der Waals surface area (Å²) in [7, 11) is 4.33. The molecule has 1 amide bonds. The Balaban J connectivity index is 0.00000462. The second-order valence-electron chi connectivity index (χ2n) is 12.4. The highest BCUT2D eigenvalue weighted by Gasteiger charge is 2.24. The van der Waals surface area contributed by atoms with Crippen molar-refractivity contribution in [3.63, 3.8) is 0 Å². The van der Waals surface area contributed by atoms with Crippen LogP contribution in [0.4, 0.5) is 0 Å². The van der Waals surface area contributed by atoms with E-state index in [1.54, 1.807) is 0 Å². The maximum Gasteiger partial charge on any atom is 0.255 e. The molecule has 0 bridgehead atoms. The van der Waals surface area contributed by atoms with Gasteiger partial charge in [0.2, 0.25) is 0 Å². The number of carbonyl (C=O) groups excluding carboxylic acids is 1. The molecule has 1 aliphatic heterocycles. The molecule has 7 nitrogen and oxygen atoms in total. The zero-order valence-electron chi connectivity index (χ0n) is 25.6. The summed E-state index contributed by atoms with van der Waals surface area (Å²) in [5, 5.41) is 9.29. The number of amides is 1. The summed E-state index contributed by atoms with van der Waals surface area (Å²) < 4.78 is 2.13. The lowest BCUT2D eigenvalue weighted by Crippen LogP contribution is -2.41. The number of hydrogen-bond acceptors (Lipinski definition) is 5. The minimum Gasteiger partial charge on any atom is -0.339 e. The number of benzene rings is 1. The highest BCUT2D eigenvalue weighted by atomic mass is 35.5. The van der Waals surface area contributed by atoms with E-state index in [0.717, 1.165) is 81.0 Å². The summed E-state index contributed by atoms with van der Waals surface area (Å²) in [6.07, 6.45) is 6.26. The van der Waals surface area contributed by atoms with Crippen molar-refractivity contribution in [1.82, 2.24) is 24.1 Å². The Morgan fingerprint density at radius 3 is 2.15 bits per heavy atom.